The summed E-state index contributed by atoms with van der Waals surface area (Å²) in [6.07, 6.45) is 0.973. The van der Waals surface area contributed by atoms with Crippen LogP contribution < -0.4 is 15.4 Å². The van der Waals surface area contributed by atoms with Gasteiger partial charge in [-0.25, -0.2) is 4.98 Å². The van der Waals surface area contributed by atoms with Gasteiger partial charge in [-0.1, -0.05) is 19.4 Å². The van der Waals surface area contributed by atoms with Gasteiger partial charge in [0.05, 0.1) is 0 Å². The second kappa shape index (κ2) is 10.6. The van der Waals surface area contributed by atoms with Gasteiger partial charge >= 0.3 is 6.18 Å². The molecule has 0 aromatic carbocycles. The van der Waals surface area contributed by atoms with Crippen molar-refractivity contribution in [1.82, 2.24) is 15.6 Å². The number of guanidine groups is 1. The van der Waals surface area contributed by atoms with E-state index in [0.29, 0.717) is 18.3 Å². The van der Waals surface area contributed by atoms with Crippen molar-refractivity contribution in [3.63, 3.8) is 0 Å². The molecule has 158 valence electrons. The van der Waals surface area contributed by atoms with Crippen LogP contribution in [0.1, 0.15) is 38.2 Å². The third-order valence-corrected chi connectivity index (χ3v) is 6.23. The zero-order valence-electron chi connectivity index (χ0n) is 16.1. The van der Waals surface area contributed by atoms with Crippen LogP contribution in [0.15, 0.2) is 23.3 Å². The fourth-order valence-electron chi connectivity index (χ4n) is 3.08. The van der Waals surface area contributed by atoms with Gasteiger partial charge in [0.15, 0.2) is 12.6 Å². The monoisotopic (exact) mass is 420 g/mol. The van der Waals surface area contributed by atoms with Crippen LogP contribution in [0, 0.1) is 0 Å². The predicted octanol–water partition coefficient (Wildman–Crippen LogP) is 2.77. The highest BCUT2D eigenvalue weighted by atomic mass is 32.2. The van der Waals surface area contributed by atoms with E-state index in [1.54, 1.807) is 13.1 Å². The third-order valence-electron chi connectivity index (χ3n) is 4.49. The van der Waals surface area contributed by atoms with Gasteiger partial charge in [0, 0.05) is 53.7 Å². The quantitative estimate of drug-likeness (QED) is 0.524. The van der Waals surface area contributed by atoms with Gasteiger partial charge in [-0.05, 0) is 24.8 Å². The van der Waals surface area contributed by atoms with Gasteiger partial charge in [0.1, 0.15) is 0 Å². The molecule has 0 spiro atoms. The Kier molecular flexibility index (Phi) is 8.53. The van der Waals surface area contributed by atoms with Crippen molar-refractivity contribution in [3.05, 3.63) is 23.9 Å². The summed E-state index contributed by atoms with van der Waals surface area (Å²) < 4.78 is 53.1. The van der Waals surface area contributed by atoms with Gasteiger partial charge in [-0.2, -0.15) is 13.2 Å². The van der Waals surface area contributed by atoms with E-state index in [-0.39, 0.29) is 17.2 Å². The van der Waals surface area contributed by atoms with Gasteiger partial charge in [0.25, 0.3) is 0 Å². The van der Waals surface area contributed by atoms with Crippen LogP contribution in [-0.2, 0) is 17.3 Å². The van der Waals surface area contributed by atoms with Gasteiger partial charge in [-0.15, -0.1) is 0 Å². The number of alkyl halides is 3. The Labute approximate surface area is 165 Å². The van der Waals surface area contributed by atoms with Gasteiger partial charge in [0.2, 0.25) is 5.88 Å². The summed E-state index contributed by atoms with van der Waals surface area (Å²) in [4.78, 5) is 8.09. The summed E-state index contributed by atoms with van der Waals surface area (Å²) in [5.74, 6) is 1.24. The minimum atomic E-state index is -4.39. The van der Waals surface area contributed by atoms with Crippen molar-refractivity contribution in [2.45, 2.75) is 56.6 Å². The maximum absolute atomic E-state index is 12.2. The van der Waals surface area contributed by atoms with E-state index >= 15 is 0 Å². The average Bonchev–Trinajstić information content (AvgIpc) is 2.69. The Morgan fingerprint density at radius 3 is 2.79 bits per heavy atom. The molecule has 0 radical (unpaired) electrons. The lowest BCUT2D eigenvalue weighted by Crippen LogP contribution is -2.46. The van der Waals surface area contributed by atoms with Crippen LogP contribution in [-0.4, -0.2) is 52.0 Å². The first kappa shape index (κ1) is 22.4. The smallest absolute Gasteiger partial charge is 0.422 e. The lowest BCUT2D eigenvalue weighted by molar-refractivity contribution is -0.154. The molecule has 3 unspecified atom stereocenters. The number of halogens is 3. The molecule has 1 aliphatic carbocycles. The van der Waals surface area contributed by atoms with E-state index in [0.717, 1.165) is 31.2 Å². The van der Waals surface area contributed by atoms with E-state index in [1.807, 2.05) is 6.92 Å². The highest BCUT2D eigenvalue weighted by Gasteiger charge is 2.28. The number of aromatic nitrogens is 1. The molecule has 1 heterocycles. The standard InChI is InChI=1S/C18H27F3N4O2S/c1-3-28(26)15-6-4-5-14(9-15)25-17(22-2)24-11-13-7-8-16(23-10-13)27-12-18(19,20)21/h7-8,10,14-15H,3-6,9,11-12H2,1-2H3,(H2,22,24,25). The molecule has 1 fully saturated rings. The molecule has 6 nitrogen and oxygen atoms in total. The summed E-state index contributed by atoms with van der Waals surface area (Å²) in [5.41, 5.74) is 0.788. The van der Waals surface area contributed by atoms with E-state index < -0.39 is 23.6 Å². The molecular weight excluding hydrogens is 393 g/mol. The number of nitrogens with zero attached hydrogens (tertiary/aromatic N) is 2. The molecule has 2 rings (SSSR count). The van der Waals surface area contributed by atoms with E-state index in [4.69, 9.17) is 0 Å². The fourth-order valence-corrected chi connectivity index (χ4v) is 4.43. The molecule has 0 bridgehead atoms. The Bertz CT molecular complexity index is 668. The molecule has 1 saturated carbocycles. The van der Waals surface area contributed by atoms with Crippen molar-refractivity contribution in [3.8, 4) is 5.88 Å². The number of rotatable bonds is 7. The fraction of sp³-hybridized carbons (Fsp3) is 0.667. The molecule has 0 aliphatic heterocycles. The number of ether oxygens (including phenoxy) is 1. The first-order valence-corrected chi connectivity index (χ1v) is 10.7. The van der Waals surface area contributed by atoms with Crippen LogP contribution in [0.2, 0.25) is 0 Å². The summed E-state index contributed by atoms with van der Waals surface area (Å²) in [7, 11) is 0.888. The molecule has 3 atom stereocenters. The molecular formula is C18H27F3N4O2S. The second-order valence-corrected chi connectivity index (χ2v) is 8.64. The molecule has 0 saturated heterocycles. The number of hydrogen-bond donors (Lipinski definition) is 2. The average molecular weight is 421 g/mol. The van der Waals surface area contributed by atoms with E-state index in [9.17, 15) is 17.4 Å². The molecule has 2 N–H and O–H groups in total. The van der Waals surface area contributed by atoms with Crippen LogP contribution in [0.3, 0.4) is 0 Å². The van der Waals surface area contributed by atoms with Crippen molar-refractivity contribution in [2.75, 3.05) is 19.4 Å². The topological polar surface area (TPSA) is 75.6 Å². The zero-order valence-corrected chi connectivity index (χ0v) is 16.9. The maximum Gasteiger partial charge on any atom is 0.422 e. The summed E-state index contributed by atoms with van der Waals surface area (Å²) in [6.45, 7) is 1.00. The zero-order chi connectivity index (χ0) is 20.6. The van der Waals surface area contributed by atoms with Crippen LogP contribution in [0.4, 0.5) is 13.2 Å². The molecule has 1 aliphatic rings. The second-order valence-electron chi connectivity index (χ2n) is 6.63. The third kappa shape index (κ3) is 7.65. The molecule has 0 amide bonds. The number of pyridine rings is 1. The Morgan fingerprint density at radius 1 is 1.39 bits per heavy atom. The van der Waals surface area contributed by atoms with Crippen LogP contribution >= 0.6 is 0 Å². The SMILES string of the molecule is CCS(=O)C1CCCC(NC(=NC)NCc2ccc(OCC(F)(F)F)nc2)C1. The van der Waals surface area contributed by atoms with Crippen molar-refractivity contribution < 1.29 is 22.1 Å². The lowest BCUT2D eigenvalue weighted by Gasteiger charge is -2.30. The van der Waals surface area contributed by atoms with Crippen molar-refractivity contribution in [1.29, 1.82) is 0 Å². The summed E-state index contributed by atoms with van der Waals surface area (Å²) >= 11 is 0. The Balaban J connectivity index is 1.81. The van der Waals surface area contributed by atoms with Crippen LogP contribution in [0.25, 0.3) is 0 Å². The van der Waals surface area contributed by atoms with Gasteiger partial charge in [-0.3, -0.25) is 9.20 Å². The minimum absolute atomic E-state index is 0.0687. The number of nitrogens with one attached hydrogen (secondary N) is 2. The van der Waals surface area contributed by atoms with E-state index in [2.05, 4.69) is 25.3 Å². The first-order valence-electron chi connectivity index (χ1n) is 9.29. The molecule has 10 heteroatoms. The molecule has 1 aromatic rings. The number of aliphatic imine (C=N–C) groups is 1. The minimum Gasteiger partial charge on any atom is -0.468 e. The summed E-state index contributed by atoms with van der Waals surface area (Å²) in [6, 6.07) is 3.28. The summed E-state index contributed by atoms with van der Waals surface area (Å²) in [5, 5.41) is 6.76. The Hall–Kier alpha value is -1.84. The normalized spacial score (nSPS) is 21.8. The van der Waals surface area contributed by atoms with Crippen molar-refractivity contribution >= 4 is 16.8 Å². The predicted molar refractivity (Wildman–Crippen MR) is 104 cm³/mol. The molecule has 1 aromatic heterocycles. The molecule has 28 heavy (non-hydrogen) atoms. The largest absolute Gasteiger partial charge is 0.468 e. The highest BCUT2D eigenvalue weighted by Crippen LogP contribution is 2.23. The highest BCUT2D eigenvalue weighted by molar-refractivity contribution is 7.85. The van der Waals surface area contributed by atoms with E-state index in [1.165, 1.54) is 12.3 Å². The maximum atomic E-state index is 12.2. The Morgan fingerprint density at radius 2 is 2.18 bits per heavy atom. The van der Waals surface area contributed by atoms with Crippen LogP contribution in [0.5, 0.6) is 5.88 Å². The van der Waals surface area contributed by atoms with Gasteiger partial charge < -0.3 is 15.4 Å². The first-order chi connectivity index (χ1) is 13.3. The lowest BCUT2D eigenvalue weighted by atomic mass is 9.95. The number of hydrogen-bond acceptors (Lipinski definition) is 4. The van der Waals surface area contributed by atoms with Crippen molar-refractivity contribution in [2.24, 2.45) is 4.99 Å².